The minimum absolute atomic E-state index is 0. The van der Waals surface area contributed by atoms with Gasteiger partial charge in [-0.2, -0.15) is 0 Å². The van der Waals surface area contributed by atoms with E-state index >= 15 is 0 Å². The number of aliphatic carboxylic acids is 2. The second-order valence-corrected chi connectivity index (χ2v) is 1.53. The van der Waals surface area contributed by atoms with Gasteiger partial charge in [-0.25, -0.2) is 0 Å². The van der Waals surface area contributed by atoms with Crippen LogP contribution in [0.4, 0.5) is 0 Å². The molecule has 2 atom stereocenters. The molecule has 13 heavy (non-hydrogen) atoms. The van der Waals surface area contributed by atoms with Crippen LogP contribution >= 0.6 is 0 Å². The number of aliphatic hydroxyl groups is 2. The van der Waals surface area contributed by atoms with Crippen molar-refractivity contribution in [2.75, 3.05) is 0 Å². The minimum Gasteiger partial charge on any atom is -0.547 e. The van der Waals surface area contributed by atoms with Gasteiger partial charge in [0.05, 0.1) is 11.9 Å². The quantitative estimate of drug-likeness (QED) is 0.479. The van der Waals surface area contributed by atoms with E-state index in [1.54, 1.807) is 0 Å². The van der Waals surface area contributed by atoms with Crippen molar-refractivity contribution >= 4 is 41.5 Å². The predicted molar refractivity (Wildman–Crippen MR) is 27.8 cm³/mol. The summed E-state index contributed by atoms with van der Waals surface area (Å²) in [5.74, 6) is -4.12. The number of hydrogen-bond donors (Lipinski definition) is 2. The monoisotopic (exact) mass is 249 g/mol. The first-order valence-electron chi connectivity index (χ1n) is 2.24. The van der Waals surface area contributed by atoms with E-state index in [9.17, 15) is 19.8 Å². The zero-order valence-electron chi connectivity index (χ0n) is 7.68. The van der Waals surface area contributed by atoms with Crippen LogP contribution in [0.1, 0.15) is 0 Å². The van der Waals surface area contributed by atoms with Crippen LogP contribution in [0.2, 0.25) is 0 Å². The maximum absolute atomic E-state index is 9.63. The zero-order valence-corrected chi connectivity index (χ0v) is 15.9. The van der Waals surface area contributed by atoms with Gasteiger partial charge in [0, 0.05) is 29.6 Å². The molecule has 0 spiro atoms. The molecule has 0 fully saturated rings. The topological polar surface area (TPSA) is 121 Å². The van der Waals surface area contributed by atoms with E-state index in [0.717, 1.165) is 0 Å². The second-order valence-electron chi connectivity index (χ2n) is 1.53. The van der Waals surface area contributed by atoms with Crippen LogP contribution < -0.4 is 113 Å². The first kappa shape index (κ1) is 25.1. The van der Waals surface area contributed by atoms with E-state index in [4.69, 9.17) is 10.2 Å². The third kappa shape index (κ3) is 11.4. The Morgan fingerprint density at radius 3 is 1.15 bits per heavy atom. The molecule has 1 radical (unpaired) electrons. The molecule has 0 aliphatic carbocycles. The van der Waals surface area contributed by atoms with Crippen molar-refractivity contribution in [3.05, 3.63) is 0 Å². The van der Waals surface area contributed by atoms with Gasteiger partial charge in [-0.3, -0.25) is 0 Å². The molecule has 0 aromatic heterocycles. The molecular weight excluding hydrogens is 245 g/mol. The normalized spacial score (nSPS) is 12.2. The minimum atomic E-state index is -2.44. The Morgan fingerprint density at radius 1 is 0.923 bits per heavy atom. The molecule has 0 saturated heterocycles. The maximum Gasteiger partial charge on any atom is 1.00 e. The third-order valence-corrected chi connectivity index (χ3v) is 0.782. The fourth-order valence-corrected chi connectivity index (χ4v) is 0.258. The Morgan fingerprint density at radius 2 is 1.08 bits per heavy atom. The number of carbonyl (C=O) groups is 2. The molecule has 59 valence electrons. The summed E-state index contributed by atoms with van der Waals surface area (Å²) in [7, 11) is 0. The summed E-state index contributed by atoms with van der Waals surface area (Å²) < 4.78 is 0. The van der Waals surface area contributed by atoms with Gasteiger partial charge in [-0.05, 0) is 0 Å². The SMILES string of the molecule is O=C([O-])C(O)C(O)C(=O)[O-].[K+].[K+].[Na]. The van der Waals surface area contributed by atoms with Gasteiger partial charge in [0.2, 0.25) is 0 Å². The average molecular weight is 249 g/mol. The number of carbonyl (C=O) groups excluding carboxylic acids is 2. The van der Waals surface area contributed by atoms with Crippen LogP contribution in [0, 0.1) is 0 Å². The summed E-state index contributed by atoms with van der Waals surface area (Å²) in [6.45, 7) is 0. The molecule has 0 bridgehead atoms. The van der Waals surface area contributed by atoms with Gasteiger partial charge in [0.1, 0.15) is 12.2 Å². The van der Waals surface area contributed by atoms with Crippen LogP contribution in [0.25, 0.3) is 0 Å². The standard InChI is InChI=1S/C4H6O6.2K.Na/c5-1(3(7)8)2(6)4(9)10;;;/h1-2,5-6H,(H,7,8)(H,9,10);;;/q;2*+1;/p-2. The third-order valence-electron chi connectivity index (χ3n) is 0.782. The van der Waals surface area contributed by atoms with Gasteiger partial charge < -0.3 is 30.0 Å². The fourth-order valence-electron chi connectivity index (χ4n) is 0.258. The first-order chi connectivity index (χ1) is 4.46. The summed E-state index contributed by atoms with van der Waals surface area (Å²) in [6.07, 6.45) is -4.88. The maximum atomic E-state index is 9.63. The van der Waals surface area contributed by atoms with Crippen LogP contribution in [-0.4, -0.2) is 63.9 Å². The molecule has 0 saturated carbocycles. The fraction of sp³-hybridized carbons (Fsp3) is 0.500. The molecule has 0 rings (SSSR count). The van der Waals surface area contributed by atoms with Crippen LogP contribution in [0.15, 0.2) is 0 Å². The molecule has 9 heteroatoms. The summed E-state index contributed by atoms with van der Waals surface area (Å²) in [6, 6.07) is 0. The summed E-state index contributed by atoms with van der Waals surface area (Å²) in [4.78, 5) is 19.3. The Labute approximate surface area is 182 Å². The Kier molecular flexibility index (Phi) is 25.5. The van der Waals surface area contributed by atoms with Crippen LogP contribution in [-0.2, 0) is 9.59 Å². The van der Waals surface area contributed by atoms with E-state index in [-0.39, 0.29) is 132 Å². The number of rotatable bonds is 3. The molecule has 2 unspecified atom stereocenters. The summed E-state index contributed by atoms with van der Waals surface area (Å²) >= 11 is 0. The smallest absolute Gasteiger partial charge is 0.547 e. The summed E-state index contributed by atoms with van der Waals surface area (Å²) in [5.41, 5.74) is 0. The first-order valence-corrected chi connectivity index (χ1v) is 2.24. The van der Waals surface area contributed by atoms with Crippen LogP contribution in [0.5, 0.6) is 0 Å². The average Bonchev–Trinajstić information content (AvgIpc) is 1.84. The summed E-state index contributed by atoms with van der Waals surface area (Å²) in [5, 5.41) is 35.7. The van der Waals surface area contributed by atoms with Gasteiger partial charge in [0.25, 0.3) is 0 Å². The molecule has 6 nitrogen and oxygen atoms in total. The molecule has 0 aromatic rings. The van der Waals surface area contributed by atoms with Gasteiger partial charge in [0.15, 0.2) is 0 Å². The van der Waals surface area contributed by atoms with Gasteiger partial charge in [-0.15, -0.1) is 0 Å². The largest absolute Gasteiger partial charge is 1.00 e. The van der Waals surface area contributed by atoms with E-state index in [0.29, 0.717) is 0 Å². The molecule has 0 heterocycles. The van der Waals surface area contributed by atoms with E-state index in [1.807, 2.05) is 0 Å². The zero-order chi connectivity index (χ0) is 8.31. The number of hydrogen-bond acceptors (Lipinski definition) is 6. The molecule has 0 aliphatic rings. The molecular formula is C4H4K2NaO6. The van der Waals surface area contributed by atoms with Gasteiger partial charge in [-0.1, -0.05) is 0 Å². The van der Waals surface area contributed by atoms with Crippen molar-refractivity contribution < 1.29 is 133 Å². The second kappa shape index (κ2) is 13.2. The predicted octanol–water partition coefficient (Wildman–Crippen LogP) is -11.2. The van der Waals surface area contributed by atoms with Crippen molar-refractivity contribution in [1.82, 2.24) is 0 Å². The van der Waals surface area contributed by atoms with Crippen molar-refractivity contribution in [1.29, 1.82) is 0 Å². The molecule has 0 aliphatic heterocycles. The van der Waals surface area contributed by atoms with E-state index < -0.39 is 24.1 Å². The van der Waals surface area contributed by atoms with Crippen molar-refractivity contribution in [2.24, 2.45) is 0 Å². The van der Waals surface area contributed by atoms with Gasteiger partial charge >= 0.3 is 103 Å². The Balaban J connectivity index is -0.000000135. The Bertz CT molecular complexity index is 147. The van der Waals surface area contributed by atoms with Crippen LogP contribution in [0.3, 0.4) is 0 Å². The number of carboxylic acid groups (broad SMARTS) is 2. The number of carboxylic acids is 2. The molecule has 2 N–H and O–H groups in total. The van der Waals surface area contributed by atoms with E-state index in [2.05, 4.69) is 0 Å². The van der Waals surface area contributed by atoms with Crippen molar-refractivity contribution in [3.8, 4) is 0 Å². The van der Waals surface area contributed by atoms with Crippen molar-refractivity contribution in [2.45, 2.75) is 12.2 Å². The molecule has 0 aromatic carbocycles. The van der Waals surface area contributed by atoms with E-state index in [1.165, 1.54) is 0 Å². The number of aliphatic hydroxyl groups excluding tert-OH is 2. The Hall–Kier alpha value is 3.13. The van der Waals surface area contributed by atoms with Crippen molar-refractivity contribution in [3.63, 3.8) is 0 Å². The molecule has 0 amide bonds.